The molecule has 0 radical (unpaired) electrons. The summed E-state index contributed by atoms with van der Waals surface area (Å²) >= 11 is 0. The lowest BCUT2D eigenvalue weighted by Crippen LogP contribution is -2.45. The molecule has 1 atom stereocenters. The number of aryl methyl sites for hydroxylation is 2. The van der Waals surface area contributed by atoms with Gasteiger partial charge in [-0.3, -0.25) is 9.59 Å². The van der Waals surface area contributed by atoms with E-state index in [0.29, 0.717) is 24.7 Å². The first kappa shape index (κ1) is 25.9. The molecular weight excluding hydrogens is 430 g/mol. The Bertz CT molecular complexity index is 930. The van der Waals surface area contributed by atoms with Crippen LogP contribution in [0.5, 0.6) is 0 Å². The molecule has 1 fully saturated rings. The molecule has 0 aliphatic heterocycles. The molecule has 34 heavy (non-hydrogen) atoms. The summed E-state index contributed by atoms with van der Waals surface area (Å²) in [6.45, 7) is 4.19. The molecule has 2 aromatic rings. The van der Waals surface area contributed by atoms with Crippen LogP contribution in [0.1, 0.15) is 87.7 Å². The largest absolute Gasteiger partial charge is 0.354 e. The predicted octanol–water partition coefficient (Wildman–Crippen LogP) is 3.67. The van der Waals surface area contributed by atoms with Crippen molar-refractivity contribution in [3.63, 3.8) is 0 Å². The number of aromatic nitrogens is 2. The van der Waals surface area contributed by atoms with E-state index in [9.17, 15) is 9.59 Å². The predicted molar refractivity (Wildman–Crippen MR) is 131 cm³/mol. The molecule has 2 N–H and O–H groups in total. The molecule has 1 aliphatic rings. The standard InChI is InChI=1S/C26H39N5O3/c1-5-20-10-12-21(13-11-20)22(31(3)4)18-27-23(33)14-15-24-28-25(30-34-24)26(29-19(2)32)16-8-6-7-9-17-26/h10-13,22H,5-9,14-18H2,1-4H3,(H,27,33)(H,29,32). The van der Waals surface area contributed by atoms with E-state index in [1.54, 1.807) is 0 Å². The molecule has 2 amide bonds. The van der Waals surface area contributed by atoms with Crippen molar-refractivity contribution < 1.29 is 14.1 Å². The summed E-state index contributed by atoms with van der Waals surface area (Å²) in [5.74, 6) is 0.817. The normalized spacial score (nSPS) is 16.6. The third kappa shape index (κ3) is 6.88. The van der Waals surface area contributed by atoms with Crippen LogP contribution in [0, 0.1) is 0 Å². The maximum atomic E-state index is 12.6. The second kappa shape index (κ2) is 12.1. The van der Waals surface area contributed by atoms with Crippen molar-refractivity contribution in [2.75, 3.05) is 20.6 Å². The van der Waals surface area contributed by atoms with Crippen molar-refractivity contribution in [2.24, 2.45) is 0 Å². The van der Waals surface area contributed by atoms with Crippen LogP contribution in [0.3, 0.4) is 0 Å². The molecule has 3 rings (SSSR count). The highest BCUT2D eigenvalue weighted by atomic mass is 16.5. The van der Waals surface area contributed by atoms with Gasteiger partial charge in [-0.2, -0.15) is 4.98 Å². The molecule has 8 nitrogen and oxygen atoms in total. The van der Waals surface area contributed by atoms with E-state index in [1.807, 2.05) is 14.1 Å². The third-order valence-electron chi connectivity index (χ3n) is 6.72. The van der Waals surface area contributed by atoms with E-state index < -0.39 is 5.54 Å². The number of carbonyl (C=O) groups excluding carboxylic acids is 2. The Morgan fingerprint density at radius 2 is 1.79 bits per heavy atom. The van der Waals surface area contributed by atoms with Gasteiger partial charge in [0.1, 0.15) is 5.54 Å². The first-order valence-corrected chi connectivity index (χ1v) is 12.5. The summed E-state index contributed by atoms with van der Waals surface area (Å²) < 4.78 is 5.47. The highest BCUT2D eigenvalue weighted by Crippen LogP contribution is 2.34. The van der Waals surface area contributed by atoms with Gasteiger partial charge in [0.25, 0.3) is 0 Å². The average Bonchev–Trinajstić information content (AvgIpc) is 3.17. The first-order valence-electron chi connectivity index (χ1n) is 12.5. The Morgan fingerprint density at radius 1 is 1.12 bits per heavy atom. The van der Waals surface area contributed by atoms with Crippen LogP contribution in [0.4, 0.5) is 0 Å². The number of nitrogens with one attached hydrogen (secondary N) is 2. The highest BCUT2D eigenvalue weighted by Gasteiger charge is 2.38. The molecule has 0 bridgehead atoms. The minimum absolute atomic E-state index is 0.0529. The van der Waals surface area contributed by atoms with E-state index in [2.05, 4.69) is 56.9 Å². The van der Waals surface area contributed by atoms with Gasteiger partial charge in [-0.05, 0) is 44.5 Å². The van der Waals surface area contributed by atoms with Crippen LogP contribution in [0.25, 0.3) is 0 Å². The van der Waals surface area contributed by atoms with Crippen LogP contribution in [-0.2, 0) is 28.0 Å². The molecule has 1 aromatic carbocycles. The molecule has 1 heterocycles. The topological polar surface area (TPSA) is 100 Å². The second-order valence-electron chi connectivity index (χ2n) is 9.57. The van der Waals surface area contributed by atoms with Crippen molar-refractivity contribution in [2.45, 2.75) is 83.2 Å². The monoisotopic (exact) mass is 469 g/mol. The number of amides is 2. The molecule has 1 unspecified atom stereocenters. The number of hydrogen-bond donors (Lipinski definition) is 2. The molecule has 0 spiro atoms. The summed E-state index contributed by atoms with van der Waals surface area (Å²) in [4.78, 5) is 31.1. The van der Waals surface area contributed by atoms with Crippen LogP contribution in [-0.4, -0.2) is 47.5 Å². The van der Waals surface area contributed by atoms with E-state index in [0.717, 1.165) is 44.9 Å². The minimum atomic E-state index is -0.571. The van der Waals surface area contributed by atoms with Crippen LogP contribution < -0.4 is 10.6 Å². The van der Waals surface area contributed by atoms with Gasteiger partial charge >= 0.3 is 0 Å². The summed E-state index contributed by atoms with van der Waals surface area (Å²) in [5.41, 5.74) is 1.91. The van der Waals surface area contributed by atoms with Crippen molar-refractivity contribution in [1.29, 1.82) is 0 Å². The van der Waals surface area contributed by atoms with Gasteiger partial charge in [-0.15, -0.1) is 0 Å². The van der Waals surface area contributed by atoms with Gasteiger partial charge in [0.2, 0.25) is 17.7 Å². The van der Waals surface area contributed by atoms with Crippen LogP contribution >= 0.6 is 0 Å². The van der Waals surface area contributed by atoms with E-state index in [1.165, 1.54) is 18.1 Å². The number of likely N-dealkylation sites (N-methyl/N-ethyl adjacent to an activating group) is 1. The second-order valence-corrected chi connectivity index (χ2v) is 9.57. The molecular formula is C26H39N5O3. The first-order chi connectivity index (χ1) is 16.3. The number of benzene rings is 1. The zero-order valence-corrected chi connectivity index (χ0v) is 21.0. The van der Waals surface area contributed by atoms with Crippen molar-refractivity contribution >= 4 is 11.8 Å². The fourth-order valence-electron chi connectivity index (χ4n) is 4.72. The molecule has 8 heteroatoms. The minimum Gasteiger partial charge on any atom is -0.354 e. The van der Waals surface area contributed by atoms with Gasteiger partial charge < -0.3 is 20.1 Å². The summed E-state index contributed by atoms with van der Waals surface area (Å²) in [7, 11) is 4.03. The lowest BCUT2D eigenvalue weighted by atomic mass is 9.89. The Labute approximate surface area is 202 Å². The van der Waals surface area contributed by atoms with Gasteiger partial charge in [-0.25, -0.2) is 0 Å². The van der Waals surface area contributed by atoms with Crippen molar-refractivity contribution in [3.8, 4) is 0 Å². The Balaban J connectivity index is 1.56. The van der Waals surface area contributed by atoms with Gasteiger partial charge in [0.15, 0.2) is 5.82 Å². The molecule has 1 aliphatic carbocycles. The molecule has 1 saturated carbocycles. The maximum absolute atomic E-state index is 12.6. The smallest absolute Gasteiger partial charge is 0.227 e. The zero-order valence-electron chi connectivity index (χ0n) is 21.0. The van der Waals surface area contributed by atoms with E-state index in [-0.39, 0.29) is 24.3 Å². The van der Waals surface area contributed by atoms with Crippen molar-refractivity contribution in [3.05, 3.63) is 47.1 Å². The number of rotatable bonds is 10. The Morgan fingerprint density at radius 3 is 2.38 bits per heavy atom. The fourth-order valence-corrected chi connectivity index (χ4v) is 4.72. The van der Waals surface area contributed by atoms with Gasteiger partial charge in [-0.1, -0.05) is 62.0 Å². The molecule has 186 valence electrons. The number of nitrogens with zero attached hydrogens (tertiary/aromatic N) is 3. The van der Waals surface area contributed by atoms with Crippen molar-refractivity contribution in [1.82, 2.24) is 25.7 Å². The molecule has 1 aromatic heterocycles. The quantitative estimate of drug-likeness (QED) is 0.515. The maximum Gasteiger partial charge on any atom is 0.227 e. The lowest BCUT2D eigenvalue weighted by Gasteiger charge is -2.30. The lowest BCUT2D eigenvalue weighted by molar-refractivity contribution is -0.122. The van der Waals surface area contributed by atoms with Crippen LogP contribution in [0.2, 0.25) is 0 Å². The van der Waals surface area contributed by atoms with Crippen LogP contribution in [0.15, 0.2) is 28.8 Å². The highest BCUT2D eigenvalue weighted by molar-refractivity contribution is 5.76. The SMILES string of the molecule is CCc1ccc(C(CNC(=O)CCc2nc(C3(NC(C)=O)CCCCCC3)no2)N(C)C)cc1. The molecule has 0 saturated heterocycles. The van der Waals surface area contributed by atoms with E-state index >= 15 is 0 Å². The van der Waals surface area contributed by atoms with E-state index in [4.69, 9.17) is 4.52 Å². The summed E-state index contributed by atoms with van der Waals surface area (Å²) in [6, 6.07) is 8.64. The summed E-state index contributed by atoms with van der Waals surface area (Å²) in [6.07, 6.45) is 7.56. The summed E-state index contributed by atoms with van der Waals surface area (Å²) in [5, 5.41) is 10.3. The Kier molecular flexibility index (Phi) is 9.21. The van der Waals surface area contributed by atoms with Gasteiger partial charge in [0.05, 0.1) is 6.04 Å². The zero-order chi connectivity index (χ0) is 24.6. The van der Waals surface area contributed by atoms with Gasteiger partial charge in [0, 0.05) is 26.3 Å². The number of hydrogen-bond acceptors (Lipinski definition) is 6. The average molecular weight is 470 g/mol. The fraction of sp³-hybridized carbons (Fsp3) is 0.615. The third-order valence-corrected chi connectivity index (χ3v) is 6.72. The number of carbonyl (C=O) groups is 2. The Hall–Kier alpha value is -2.74.